The molecule has 0 unspecified atom stereocenters. The van der Waals surface area contributed by atoms with Gasteiger partial charge in [0.1, 0.15) is 0 Å². The molecule has 0 radical (unpaired) electrons. The van der Waals surface area contributed by atoms with Gasteiger partial charge >= 0.3 is 11.8 Å². The molecule has 16 heavy (non-hydrogen) atoms. The number of nitrogens with one attached hydrogen (secondary N) is 3. The van der Waals surface area contributed by atoms with Crippen LogP contribution in [0.4, 0.5) is 0 Å². The van der Waals surface area contributed by atoms with Crippen LogP contribution in [0.3, 0.4) is 0 Å². The summed E-state index contributed by atoms with van der Waals surface area (Å²) >= 11 is 0. The Labute approximate surface area is 93.6 Å². The molecule has 0 aliphatic carbocycles. The van der Waals surface area contributed by atoms with Crippen molar-refractivity contribution in [2.75, 3.05) is 26.2 Å². The molecule has 92 valence electrons. The van der Waals surface area contributed by atoms with Crippen molar-refractivity contribution in [1.29, 1.82) is 0 Å². The number of aliphatic hydroxyl groups is 1. The van der Waals surface area contributed by atoms with Gasteiger partial charge in [0, 0.05) is 26.2 Å². The average Bonchev–Trinajstić information content (AvgIpc) is 2.28. The number of aliphatic hydroxyl groups excluding tert-OH is 1. The van der Waals surface area contributed by atoms with Crippen LogP contribution in [0.5, 0.6) is 0 Å². The van der Waals surface area contributed by atoms with Crippen LogP contribution >= 0.6 is 0 Å². The molecule has 0 saturated carbocycles. The Hall–Kier alpha value is -1.63. The van der Waals surface area contributed by atoms with Crippen molar-refractivity contribution in [3.63, 3.8) is 0 Å². The van der Waals surface area contributed by atoms with Crippen molar-refractivity contribution < 1.29 is 19.5 Å². The molecule has 0 aromatic heterocycles. The molecule has 0 rings (SSSR count). The number of amides is 3. The molecular formula is C9H17N3O4. The van der Waals surface area contributed by atoms with Gasteiger partial charge in [-0.3, -0.25) is 14.4 Å². The Bertz CT molecular complexity index is 233. The second kappa shape index (κ2) is 9.91. The zero-order valence-electron chi connectivity index (χ0n) is 8.99. The first-order chi connectivity index (χ1) is 7.72. The van der Waals surface area contributed by atoms with Gasteiger partial charge in [-0.15, -0.1) is 0 Å². The molecule has 0 heterocycles. The van der Waals surface area contributed by atoms with E-state index in [1.54, 1.807) is 0 Å². The van der Waals surface area contributed by atoms with E-state index in [-0.39, 0.29) is 13.2 Å². The van der Waals surface area contributed by atoms with Gasteiger partial charge in [0.15, 0.2) is 0 Å². The van der Waals surface area contributed by atoms with Crippen LogP contribution in [0.1, 0.15) is 12.8 Å². The predicted molar refractivity (Wildman–Crippen MR) is 56.4 cm³/mol. The zero-order valence-corrected chi connectivity index (χ0v) is 8.99. The summed E-state index contributed by atoms with van der Waals surface area (Å²) in [7, 11) is 0. The van der Waals surface area contributed by atoms with Gasteiger partial charge in [-0.25, -0.2) is 0 Å². The Kier molecular flexibility index (Phi) is 8.90. The van der Waals surface area contributed by atoms with Crippen LogP contribution < -0.4 is 16.0 Å². The molecule has 0 atom stereocenters. The lowest BCUT2D eigenvalue weighted by molar-refractivity contribution is -0.139. The first-order valence-electron chi connectivity index (χ1n) is 5.06. The minimum absolute atomic E-state index is 0.0285. The SMILES string of the molecule is O=CNCCCNC(=O)C(=O)NCCCO. The second-order valence-corrected chi connectivity index (χ2v) is 3.01. The van der Waals surface area contributed by atoms with Gasteiger partial charge in [0.25, 0.3) is 0 Å². The quantitative estimate of drug-likeness (QED) is 0.215. The number of rotatable bonds is 8. The lowest BCUT2D eigenvalue weighted by atomic mass is 10.4. The van der Waals surface area contributed by atoms with E-state index in [4.69, 9.17) is 5.11 Å². The fourth-order valence-electron chi connectivity index (χ4n) is 0.893. The zero-order chi connectivity index (χ0) is 12.2. The van der Waals surface area contributed by atoms with Crippen LogP contribution in [-0.2, 0) is 14.4 Å². The third kappa shape index (κ3) is 7.74. The lowest BCUT2D eigenvalue weighted by Gasteiger charge is -2.05. The highest BCUT2D eigenvalue weighted by molar-refractivity contribution is 6.35. The smallest absolute Gasteiger partial charge is 0.309 e. The number of hydrogen-bond donors (Lipinski definition) is 4. The maximum atomic E-state index is 11.1. The Balaban J connectivity index is 3.47. The summed E-state index contributed by atoms with van der Waals surface area (Å²) in [6.45, 7) is 1.03. The van der Waals surface area contributed by atoms with E-state index in [9.17, 15) is 14.4 Å². The topological polar surface area (TPSA) is 108 Å². The molecule has 0 aromatic rings. The van der Waals surface area contributed by atoms with Crippen molar-refractivity contribution in [2.24, 2.45) is 0 Å². The van der Waals surface area contributed by atoms with Gasteiger partial charge in [0.05, 0.1) is 0 Å². The van der Waals surface area contributed by atoms with Crippen LogP contribution in [-0.4, -0.2) is 49.6 Å². The first-order valence-corrected chi connectivity index (χ1v) is 5.06. The minimum atomic E-state index is -0.711. The summed E-state index contributed by atoms with van der Waals surface area (Å²) < 4.78 is 0. The highest BCUT2D eigenvalue weighted by Crippen LogP contribution is 1.76. The Morgan fingerprint density at radius 1 is 1.00 bits per heavy atom. The van der Waals surface area contributed by atoms with Gasteiger partial charge < -0.3 is 21.1 Å². The molecule has 4 N–H and O–H groups in total. The molecule has 7 nitrogen and oxygen atoms in total. The van der Waals surface area contributed by atoms with Crippen LogP contribution in [0, 0.1) is 0 Å². The van der Waals surface area contributed by atoms with E-state index in [0.717, 1.165) is 0 Å². The summed E-state index contributed by atoms with van der Waals surface area (Å²) in [4.78, 5) is 32.0. The fraction of sp³-hybridized carbons (Fsp3) is 0.667. The molecule has 0 spiro atoms. The highest BCUT2D eigenvalue weighted by Gasteiger charge is 2.10. The van der Waals surface area contributed by atoms with Gasteiger partial charge in [-0.2, -0.15) is 0 Å². The number of carbonyl (C=O) groups excluding carboxylic acids is 3. The first kappa shape index (κ1) is 14.4. The summed E-state index contributed by atoms with van der Waals surface area (Å²) in [6.07, 6.45) is 1.56. The van der Waals surface area contributed by atoms with E-state index in [1.807, 2.05) is 0 Å². The Morgan fingerprint density at radius 2 is 1.56 bits per heavy atom. The molecule has 0 aromatic carbocycles. The maximum absolute atomic E-state index is 11.1. The van der Waals surface area contributed by atoms with Crippen LogP contribution in [0.15, 0.2) is 0 Å². The molecule has 0 saturated heterocycles. The van der Waals surface area contributed by atoms with E-state index < -0.39 is 11.8 Å². The van der Waals surface area contributed by atoms with Crippen molar-refractivity contribution >= 4 is 18.2 Å². The van der Waals surface area contributed by atoms with E-state index >= 15 is 0 Å². The number of hydrogen-bond acceptors (Lipinski definition) is 4. The van der Waals surface area contributed by atoms with Crippen molar-refractivity contribution in [3.05, 3.63) is 0 Å². The standard InChI is InChI=1S/C9H17N3O4/c13-6-2-5-12-9(16)8(15)11-4-1-3-10-7-14/h7,13H,1-6H2,(H,10,14)(H,11,15)(H,12,16). The summed E-state index contributed by atoms with van der Waals surface area (Å²) in [6, 6.07) is 0. The molecule has 0 fully saturated rings. The average molecular weight is 231 g/mol. The molecule has 7 heteroatoms. The van der Waals surface area contributed by atoms with Crippen LogP contribution in [0.2, 0.25) is 0 Å². The molecule has 3 amide bonds. The highest BCUT2D eigenvalue weighted by atomic mass is 16.3. The molecular weight excluding hydrogens is 214 g/mol. The normalized spacial score (nSPS) is 9.31. The molecule has 0 aliphatic heterocycles. The van der Waals surface area contributed by atoms with E-state index in [2.05, 4.69) is 16.0 Å². The fourth-order valence-corrected chi connectivity index (χ4v) is 0.893. The second-order valence-electron chi connectivity index (χ2n) is 3.01. The van der Waals surface area contributed by atoms with Crippen molar-refractivity contribution in [2.45, 2.75) is 12.8 Å². The van der Waals surface area contributed by atoms with Crippen LogP contribution in [0.25, 0.3) is 0 Å². The third-order valence-corrected chi connectivity index (χ3v) is 1.69. The van der Waals surface area contributed by atoms with Gasteiger partial charge in [-0.05, 0) is 12.8 Å². The third-order valence-electron chi connectivity index (χ3n) is 1.69. The maximum Gasteiger partial charge on any atom is 0.309 e. The molecule has 0 aliphatic rings. The lowest BCUT2D eigenvalue weighted by Crippen LogP contribution is -2.41. The summed E-state index contributed by atoms with van der Waals surface area (Å²) in [5.41, 5.74) is 0. The van der Waals surface area contributed by atoms with Crippen molar-refractivity contribution in [1.82, 2.24) is 16.0 Å². The van der Waals surface area contributed by atoms with E-state index in [0.29, 0.717) is 32.3 Å². The Morgan fingerprint density at radius 3 is 2.06 bits per heavy atom. The monoisotopic (exact) mass is 231 g/mol. The predicted octanol–water partition coefficient (Wildman–Crippen LogP) is -2.26. The summed E-state index contributed by atoms with van der Waals surface area (Å²) in [5.74, 6) is -1.42. The minimum Gasteiger partial charge on any atom is -0.396 e. The van der Waals surface area contributed by atoms with Crippen molar-refractivity contribution in [3.8, 4) is 0 Å². The van der Waals surface area contributed by atoms with E-state index in [1.165, 1.54) is 0 Å². The number of carbonyl (C=O) groups is 3. The van der Waals surface area contributed by atoms with Gasteiger partial charge in [-0.1, -0.05) is 0 Å². The summed E-state index contributed by atoms with van der Waals surface area (Å²) in [5, 5.41) is 15.6. The largest absolute Gasteiger partial charge is 0.396 e. The van der Waals surface area contributed by atoms with Gasteiger partial charge in [0.2, 0.25) is 6.41 Å². The molecule has 0 bridgehead atoms.